The number of para-hydroxylation sites is 1. The van der Waals surface area contributed by atoms with Gasteiger partial charge in [0, 0.05) is 30.2 Å². The summed E-state index contributed by atoms with van der Waals surface area (Å²) in [5.74, 6) is 0.0434. The number of rotatable bonds is 3. The van der Waals surface area contributed by atoms with Gasteiger partial charge in [-0.25, -0.2) is 0 Å². The van der Waals surface area contributed by atoms with Crippen molar-refractivity contribution in [2.75, 3.05) is 30.0 Å². The van der Waals surface area contributed by atoms with E-state index in [-0.39, 0.29) is 11.8 Å². The quantitative estimate of drug-likeness (QED) is 0.945. The summed E-state index contributed by atoms with van der Waals surface area (Å²) >= 11 is 0. The number of nitrogens with one attached hydrogen (secondary N) is 1. The van der Waals surface area contributed by atoms with Crippen LogP contribution in [0.5, 0.6) is 0 Å². The lowest BCUT2D eigenvalue weighted by atomic mass is 10.1. The van der Waals surface area contributed by atoms with E-state index in [0.29, 0.717) is 13.2 Å². The molecule has 1 atom stereocenters. The number of anilines is 3. The molecule has 4 heteroatoms. The van der Waals surface area contributed by atoms with E-state index in [9.17, 15) is 4.79 Å². The maximum atomic E-state index is 12.1. The fourth-order valence-corrected chi connectivity index (χ4v) is 3.32. The third-order valence-electron chi connectivity index (χ3n) is 4.63. The Bertz CT molecular complexity index is 706. The molecule has 1 N–H and O–H groups in total. The molecule has 2 heterocycles. The van der Waals surface area contributed by atoms with Gasteiger partial charge in [0.2, 0.25) is 5.91 Å². The van der Waals surface area contributed by atoms with E-state index >= 15 is 0 Å². The van der Waals surface area contributed by atoms with Crippen LogP contribution in [0.3, 0.4) is 0 Å². The second kappa shape index (κ2) is 6.05. The fourth-order valence-electron chi connectivity index (χ4n) is 3.32. The number of carbonyl (C=O) groups is 1. The van der Waals surface area contributed by atoms with Crippen LogP contribution in [0.25, 0.3) is 0 Å². The molecule has 0 radical (unpaired) electrons. The Kier molecular flexibility index (Phi) is 3.75. The molecule has 2 aromatic carbocycles. The highest BCUT2D eigenvalue weighted by atomic mass is 16.5. The standard InChI is InChI=1S/C19H20N2O2/c22-19(15-10-12-23-13-15)20-16-5-7-17(8-6-16)21-11-9-14-3-1-2-4-18(14)21/h1-8,15H,9-13H2,(H,20,22)/t15-/m1/s1. The summed E-state index contributed by atoms with van der Waals surface area (Å²) in [6.07, 6.45) is 1.89. The molecule has 2 aromatic rings. The molecule has 1 fully saturated rings. The number of amides is 1. The van der Waals surface area contributed by atoms with Crippen LogP contribution in [0.15, 0.2) is 48.5 Å². The molecular formula is C19H20N2O2. The van der Waals surface area contributed by atoms with Crippen molar-refractivity contribution >= 4 is 23.0 Å². The predicted octanol–water partition coefficient (Wildman–Crippen LogP) is 3.36. The van der Waals surface area contributed by atoms with Crippen LogP contribution in [0.1, 0.15) is 12.0 Å². The highest BCUT2D eigenvalue weighted by molar-refractivity contribution is 5.93. The summed E-state index contributed by atoms with van der Waals surface area (Å²) < 4.78 is 5.27. The molecule has 4 nitrogen and oxygen atoms in total. The Morgan fingerprint density at radius 1 is 1.13 bits per heavy atom. The van der Waals surface area contributed by atoms with Crippen molar-refractivity contribution < 1.29 is 9.53 Å². The van der Waals surface area contributed by atoms with E-state index in [2.05, 4.69) is 46.6 Å². The predicted molar refractivity (Wildman–Crippen MR) is 91.1 cm³/mol. The van der Waals surface area contributed by atoms with E-state index in [1.165, 1.54) is 11.3 Å². The Morgan fingerprint density at radius 2 is 1.96 bits per heavy atom. The number of ether oxygens (including phenoxy) is 1. The summed E-state index contributed by atoms with van der Waals surface area (Å²) in [5, 5.41) is 2.98. The Labute approximate surface area is 136 Å². The first-order valence-corrected chi connectivity index (χ1v) is 8.15. The van der Waals surface area contributed by atoms with E-state index in [1.807, 2.05) is 12.1 Å². The zero-order chi connectivity index (χ0) is 15.6. The average molecular weight is 308 g/mol. The van der Waals surface area contributed by atoms with Crippen LogP contribution < -0.4 is 10.2 Å². The number of fused-ring (bicyclic) bond motifs is 1. The van der Waals surface area contributed by atoms with Crippen molar-refractivity contribution in [3.63, 3.8) is 0 Å². The molecule has 1 saturated heterocycles. The number of benzene rings is 2. The normalized spacial score (nSPS) is 19.7. The third-order valence-corrected chi connectivity index (χ3v) is 4.63. The summed E-state index contributed by atoms with van der Waals surface area (Å²) in [6, 6.07) is 16.6. The Balaban J connectivity index is 1.47. The minimum atomic E-state index is -0.0138. The van der Waals surface area contributed by atoms with Gasteiger partial charge in [-0.15, -0.1) is 0 Å². The van der Waals surface area contributed by atoms with Crippen molar-refractivity contribution in [3.05, 3.63) is 54.1 Å². The molecular weight excluding hydrogens is 288 g/mol. The number of hydrogen-bond donors (Lipinski definition) is 1. The largest absolute Gasteiger partial charge is 0.381 e. The second-order valence-electron chi connectivity index (χ2n) is 6.13. The highest BCUT2D eigenvalue weighted by Crippen LogP contribution is 2.34. The molecule has 0 unspecified atom stereocenters. The van der Waals surface area contributed by atoms with E-state index in [4.69, 9.17) is 4.74 Å². The fraction of sp³-hybridized carbons (Fsp3) is 0.316. The van der Waals surface area contributed by atoms with E-state index < -0.39 is 0 Å². The molecule has 4 rings (SSSR count). The first-order chi connectivity index (χ1) is 11.3. The third kappa shape index (κ3) is 2.82. The topological polar surface area (TPSA) is 41.6 Å². The molecule has 2 aliphatic heterocycles. The summed E-state index contributed by atoms with van der Waals surface area (Å²) in [7, 11) is 0. The van der Waals surface area contributed by atoms with Crippen LogP contribution in [-0.2, 0) is 16.0 Å². The van der Waals surface area contributed by atoms with Gasteiger partial charge in [0.1, 0.15) is 0 Å². The Morgan fingerprint density at radius 3 is 2.74 bits per heavy atom. The first kappa shape index (κ1) is 14.3. The van der Waals surface area contributed by atoms with Crippen LogP contribution in [0, 0.1) is 5.92 Å². The van der Waals surface area contributed by atoms with Crippen molar-refractivity contribution in [2.24, 2.45) is 5.92 Å². The van der Waals surface area contributed by atoms with Gasteiger partial charge in [-0.3, -0.25) is 4.79 Å². The van der Waals surface area contributed by atoms with Crippen LogP contribution in [-0.4, -0.2) is 25.7 Å². The van der Waals surface area contributed by atoms with Crippen molar-refractivity contribution in [2.45, 2.75) is 12.8 Å². The van der Waals surface area contributed by atoms with Crippen molar-refractivity contribution in [1.82, 2.24) is 0 Å². The number of hydrogen-bond acceptors (Lipinski definition) is 3. The maximum Gasteiger partial charge on any atom is 0.229 e. The molecule has 0 saturated carbocycles. The summed E-state index contributed by atoms with van der Waals surface area (Å²) in [6.45, 7) is 2.23. The minimum absolute atomic E-state index is 0.0138. The zero-order valence-corrected chi connectivity index (χ0v) is 13.0. The maximum absolute atomic E-state index is 12.1. The van der Waals surface area contributed by atoms with Gasteiger partial charge in [0.15, 0.2) is 0 Å². The van der Waals surface area contributed by atoms with E-state index in [1.54, 1.807) is 0 Å². The smallest absolute Gasteiger partial charge is 0.229 e. The van der Waals surface area contributed by atoms with Crippen LogP contribution in [0.2, 0.25) is 0 Å². The molecule has 1 amide bonds. The lowest BCUT2D eigenvalue weighted by Crippen LogP contribution is -2.22. The van der Waals surface area contributed by atoms with Gasteiger partial charge < -0.3 is 15.0 Å². The SMILES string of the molecule is O=C(Nc1ccc(N2CCc3ccccc32)cc1)[C@@H]1CCOC1. The summed E-state index contributed by atoms with van der Waals surface area (Å²) in [4.78, 5) is 14.4. The molecule has 0 aliphatic carbocycles. The highest BCUT2D eigenvalue weighted by Gasteiger charge is 2.24. The monoisotopic (exact) mass is 308 g/mol. The first-order valence-electron chi connectivity index (χ1n) is 8.15. The molecule has 23 heavy (non-hydrogen) atoms. The number of nitrogens with zero attached hydrogens (tertiary/aromatic N) is 1. The van der Waals surface area contributed by atoms with Gasteiger partial charge in [0.25, 0.3) is 0 Å². The van der Waals surface area contributed by atoms with E-state index in [0.717, 1.165) is 30.8 Å². The Hall–Kier alpha value is -2.33. The lowest BCUT2D eigenvalue weighted by Gasteiger charge is -2.20. The molecule has 0 bridgehead atoms. The van der Waals surface area contributed by atoms with Gasteiger partial charge in [-0.1, -0.05) is 18.2 Å². The van der Waals surface area contributed by atoms with Gasteiger partial charge >= 0.3 is 0 Å². The molecule has 118 valence electrons. The van der Waals surface area contributed by atoms with Crippen LogP contribution >= 0.6 is 0 Å². The zero-order valence-electron chi connectivity index (χ0n) is 13.0. The lowest BCUT2D eigenvalue weighted by molar-refractivity contribution is -0.119. The number of carbonyl (C=O) groups excluding carboxylic acids is 1. The van der Waals surface area contributed by atoms with Crippen molar-refractivity contribution in [3.8, 4) is 0 Å². The van der Waals surface area contributed by atoms with Gasteiger partial charge in [-0.05, 0) is 48.7 Å². The van der Waals surface area contributed by atoms with Crippen molar-refractivity contribution in [1.29, 1.82) is 0 Å². The minimum Gasteiger partial charge on any atom is -0.381 e. The van der Waals surface area contributed by atoms with Crippen LogP contribution in [0.4, 0.5) is 17.1 Å². The molecule has 2 aliphatic rings. The van der Waals surface area contributed by atoms with Gasteiger partial charge in [0.05, 0.1) is 12.5 Å². The molecule has 0 aromatic heterocycles. The molecule has 0 spiro atoms. The average Bonchev–Trinajstić information content (AvgIpc) is 3.25. The summed E-state index contributed by atoms with van der Waals surface area (Å²) in [5.41, 5.74) is 4.69. The van der Waals surface area contributed by atoms with Gasteiger partial charge in [-0.2, -0.15) is 0 Å². The second-order valence-corrected chi connectivity index (χ2v) is 6.13.